The molecule has 0 atom stereocenters. The molecule has 2 amide bonds. The number of hydrogen-bond acceptors (Lipinski definition) is 4. The highest BCUT2D eigenvalue weighted by molar-refractivity contribution is 6.02. The largest absolute Gasteiger partial charge is 0.366 e. The van der Waals surface area contributed by atoms with E-state index in [4.69, 9.17) is 5.73 Å². The van der Waals surface area contributed by atoms with E-state index in [0.29, 0.717) is 17.1 Å². The molecule has 1 heterocycles. The lowest BCUT2D eigenvalue weighted by Gasteiger charge is -2.07. The van der Waals surface area contributed by atoms with Crippen LogP contribution >= 0.6 is 0 Å². The Labute approximate surface area is 122 Å². The first kappa shape index (κ1) is 14.7. The number of rotatable bonds is 5. The van der Waals surface area contributed by atoms with Crippen LogP contribution in [0.2, 0.25) is 0 Å². The summed E-state index contributed by atoms with van der Waals surface area (Å²) in [4.78, 5) is 27.3. The molecule has 0 aliphatic heterocycles. The second-order valence-corrected chi connectivity index (χ2v) is 4.70. The van der Waals surface area contributed by atoms with Crippen molar-refractivity contribution in [1.29, 1.82) is 0 Å². The van der Waals surface area contributed by atoms with Crippen molar-refractivity contribution in [2.45, 2.75) is 26.7 Å². The zero-order valence-electron chi connectivity index (χ0n) is 11.9. The van der Waals surface area contributed by atoms with Gasteiger partial charge in [0.25, 0.3) is 5.91 Å². The lowest BCUT2D eigenvalue weighted by Crippen LogP contribution is -2.16. The highest BCUT2D eigenvalue weighted by atomic mass is 16.2. The standard InChI is InChI=1S/C14H17N5O2/c1-3-4-11-17-13(19-18-11)14(21)16-10-6-5-9(12(15)20)7-8(10)2/h5-7H,3-4H2,1-2H3,(H2,15,20)(H,16,21)(H,17,18,19). The summed E-state index contributed by atoms with van der Waals surface area (Å²) in [5, 5.41) is 9.32. The third-order valence-corrected chi connectivity index (χ3v) is 2.98. The number of primary amides is 1. The quantitative estimate of drug-likeness (QED) is 0.771. The summed E-state index contributed by atoms with van der Waals surface area (Å²) in [7, 11) is 0. The van der Waals surface area contributed by atoms with Gasteiger partial charge in [0.1, 0.15) is 5.82 Å². The molecule has 2 aromatic rings. The van der Waals surface area contributed by atoms with Gasteiger partial charge in [0.15, 0.2) is 0 Å². The maximum atomic E-state index is 12.1. The van der Waals surface area contributed by atoms with Crippen LogP contribution in [0.5, 0.6) is 0 Å². The second kappa shape index (κ2) is 6.17. The first-order chi connectivity index (χ1) is 10.0. The number of nitrogens with zero attached hydrogens (tertiary/aromatic N) is 2. The van der Waals surface area contributed by atoms with E-state index in [1.54, 1.807) is 25.1 Å². The minimum absolute atomic E-state index is 0.0943. The van der Waals surface area contributed by atoms with Gasteiger partial charge in [-0.25, -0.2) is 4.98 Å². The molecule has 110 valence electrons. The fraction of sp³-hybridized carbons (Fsp3) is 0.286. The molecule has 0 aliphatic carbocycles. The van der Waals surface area contributed by atoms with Gasteiger partial charge in [-0.3, -0.25) is 14.7 Å². The lowest BCUT2D eigenvalue weighted by molar-refractivity contribution is 0.0997. The number of nitrogens with two attached hydrogens (primary N) is 1. The third kappa shape index (κ3) is 3.44. The van der Waals surface area contributed by atoms with E-state index in [1.807, 2.05) is 6.92 Å². The smallest absolute Gasteiger partial charge is 0.295 e. The van der Waals surface area contributed by atoms with E-state index in [2.05, 4.69) is 20.5 Å². The molecule has 0 saturated heterocycles. The van der Waals surface area contributed by atoms with Crippen molar-refractivity contribution in [1.82, 2.24) is 15.2 Å². The number of aromatic nitrogens is 3. The predicted molar refractivity (Wildman–Crippen MR) is 78.0 cm³/mol. The van der Waals surface area contributed by atoms with Gasteiger partial charge in [0.2, 0.25) is 11.7 Å². The molecule has 0 aliphatic rings. The zero-order chi connectivity index (χ0) is 15.4. The number of anilines is 1. The van der Waals surface area contributed by atoms with Gasteiger partial charge in [0, 0.05) is 17.7 Å². The molecule has 21 heavy (non-hydrogen) atoms. The summed E-state index contributed by atoms with van der Waals surface area (Å²) in [5.74, 6) is -0.127. The summed E-state index contributed by atoms with van der Waals surface area (Å²) in [6.45, 7) is 3.80. The van der Waals surface area contributed by atoms with Gasteiger partial charge >= 0.3 is 0 Å². The van der Waals surface area contributed by atoms with Crippen molar-refractivity contribution in [3.63, 3.8) is 0 Å². The highest BCUT2D eigenvalue weighted by Gasteiger charge is 2.14. The van der Waals surface area contributed by atoms with Crippen molar-refractivity contribution in [2.24, 2.45) is 5.73 Å². The normalized spacial score (nSPS) is 10.4. The minimum Gasteiger partial charge on any atom is -0.366 e. The van der Waals surface area contributed by atoms with E-state index in [1.165, 1.54) is 0 Å². The summed E-state index contributed by atoms with van der Waals surface area (Å²) < 4.78 is 0. The van der Waals surface area contributed by atoms with Crippen LogP contribution in [0.3, 0.4) is 0 Å². The summed E-state index contributed by atoms with van der Waals surface area (Å²) in [5.41, 5.74) is 6.93. The van der Waals surface area contributed by atoms with Gasteiger partial charge in [-0.05, 0) is 37.1 Å². The topological polar surface area (TPSA) is 114 Å². The van der Waals surface area contributed by atoms with Crippen molar-refractivity contribution >= 4 is 17.5 Å². The molecular formula is C14H17N5O2. The van der Waals surface area contributed by atoms with E-state index >= 15 is 0 Å². The third-order valence-electron chi connectivity index (χ3n) is 2.98. The van der Waals surface area contributed by atoms with E-state index < -0.39 is 11.8 Å². The van der Waals surface area contributed by atoms with Crippen molar-refractivity contribution in [3.05, 3.63) is 41.0 Å². The van der Waals surface area contributed by atoms with Gasteiger partial charge in [0.05, 0.1) is 0 Å². The molecule has 0 unspecified atom stereocenters. The minimum atomic E-state index is -0.505. The molecule has 4 N–H and O–H groups in total. The number of hydrogen-bond donors (Lipinski definition) is 3. The van der Waals surface area contributed by atoms with Gasteiger partial charge < -0.3 is 11.1 Å². The first-order valence-corrected chi connectivity index (χ1v) is 6.64. The molecule has 1 aromatic carbocycles. The molecule has 2 rings (SSSR count). The second-order valence-electron chi connectivity index (χ2n) is 4.70. The van der Waals surface area contributed by atoms with E-state index in [-0.39, 0.29) is 5.82 Å². The molecule has 0 fully saturated rings. The Hall–Kier alpha value is -2.70. The van der Waals surface area contributed by atoms with Crippen molar-refractivity contribution in [2.75, 3.05) is 5.32 Å². The van der Waals surface area contributed by atoms with Crippen LogP contribution in [-0.2, 0) is 6.42 Å². The number of H-pyrrole nitrogens is 1. The highest BCUT2D eigenvalue weighted by Crippen LogP contribution is 2.17. The van der Waals surface area contributed by atoms with Crippen LogP contribution in [0, 0.1) is 6.92 Å². The Morgan fingerprint density at radius 3 is 2.76 bits per heavy atom. The Balaban J connectivity index is 2.13. The summed E-state index contributed by atoms with van der Waals surface area (Å²) in [6.07, 6.45) is 1.66. The van der Waals surface area contributed by atoms with Gasteiger partial charge in [-0.2, -0.15) is 0 Å². The molecule has 1 aromatic heterocycles. The fourth-order valence-corrected chi connectivity index (χ4v) is 1.88. The number of benzene rings is 1. The van der Waals surface area contributed by atoms with Crippen LogP contribution in [0.25, 0.3) is 0 Å². The fourth-order valence-electron chi connectivity index (χ4n) is 1.88. The molecule has 0 bridgehead atoms. The monoisotopic (exact) mass is 287 g/mol. The van der Waals surface area contributed by atoms with Gasteiger partial charge in [-0.1, -0.05) is 6.92 Å². The molecule has 0 saturated carbocycles. The van der Waals surface area contributed by atoms with Crippen LogP contribution in [0.1, 0.15) is 45.7 Å². The Kier molecular flexibility index (Phi) is 4.32. The van der Waals surface area contributed by atoms with Crippen molar-refractivity contribution < 1.29 is 9.59 Å². The Morgan fingerprint density at radius 1 is 1.38 bits per heavy atom. The van der Waals surface area contributed by atoms with Crippen LogP contribution in [0.4, 0.5) is 5.69 Å². The van der Waals surface area contributed by atoms with Crippen LogP contribution in [-0.4, -0.2) is 27.0 Å². The first-order valence-electron chi connectivity index (χ1n) is 6.64. The predicted octanol–water partition coefficient (Wildman–Crippen LogP) is 1.42. The number of aromatic amines is 1. The molecule has 7 nitrogen and oxygen atoms in total. The zero-order valence-corrected chi connectivity index (χ0v) is 11.9. The number of carbonyl (C=O) groups is 2. The Morgan fingerprint density at radius 2 is 2.14 bits per heavy atom. The molecule has 7 heteroatoms. The molecular weight excluding hydrogens is 270 g/mol. The maximum Gasteiger partial charge on any atom is 0.295 e. The number of nitrogens with one attached hydrogen (secondary N) is 2. The van der Waals surface area contributed by atoms with Crippen molar-refractivity contribution in [3.8, 4) is 0 Å². The van der Waals surface area contributed by atoms with E-state index in [0.717, 1.165) is 18.4 Å². The number of amides is 2. The number of carbonyl (C=O) groups excluding carboxylic acids is 2. The average molecular weight is 287 g/mol. The summed E-state index contributed by atoms with van der Waals surface area (Å²) in [6, 6.07) is 4.82. The summed E-state index contributed by atoms with van der Waals surface area (Å²) >= 11 is 0. The average Bonchev–Trinajstić information content (AvgIpc) is 2.90. The molecule has 0 spiro atoms. The van der Waals surface area contributed by atoms with Crippen LogP contribution in [0.15, 0.2) is 18.2 Å². The van der Waals surface area contributed by atoms with Gasteiger partial charge in [-0.15, -0.1) is 5.10 Å². The van der Waals surface area contributed by atoms with E-state index in [9.17, 15) is 9.59 Å². The number of aryl methyl sites for hydroxylation is 2. The lowest BCUT2D eigenvalue weighted by atomic mass is 10.1. The Bertz CT molecular complexity index is 678. The maximum absolute atomic E-state index is 12.1. The molecule has 0 radical (unpaired) electrons. The van der Waals surface area contributed by atoms with Crippen LogP contribution < -0.4 is 11.1 Å². The SMILES string of the molecule is CCCc1nc(C(=O)Nc2ccc(C(N)=O)cc2C)n[nH]1.